The SMILES string of the molecule is CCNC(=NCc1ccnn1C)NCC1(c2ccc(F)cc2)CCOCC1. The molecule has 7 heteroatoms. The molecule has 1 aliphatic rings. The highest BCUT2D eigenvalue weighted by Gasteiger charge is 2.34. The summed E-state index contributed by atoms with van der Waals surface area (Å²) in [6.45, 7) is 5.52. The number of halogens is 1. The molecule has 2 aromatic rings. The average Bonchev–Trinajstić information content (AvgIpc) is 3.10. The molecule has 0 spiro atoms. The lowest BCUT2D eigenvalue weighted by atomic mass is 9.74. The van der Waals surface area contributed by atoms with Gasteiger partial charge in [0.05, 0.1) is 12.2 Å². The molecule has 0 atom stereocenters. The van der Waals surface area contributed by atoms with E-state index in [0.29, 0.717) is 19.8 Å². The Kier molecular flexibility index (Phi) is 6.45. The first-order valence-electron chi connectivity index (χ1n) is 9.46. The van der Waals surface area contributed by atoms with Crippen LogP contribution in [0, 0.1) is 5.82 Å². The molecular formula is C20H28FN5O. The summed E-state index contributed by atoms with van der Waals surface area (Å²) in [4.78, 5) is 4.68. The van der Waals surface area contributed by atoms with Gasteiger partial charge in [-0.05, 0) is 43.5 Å². The minimum atomic E-state index is -0.208. The fourth-order valence-corrected chi connectivity index (χ4v) is 3.44. The molecule has 1 aliphatic heterocycles. The highest BCUT2D eigenvalue weighted by molar-refractivity contribution is 5.79. The van der Waals surface area contributed by atoms with E-state index in [2.05, 4.69) is 20.7 Å². The van der Waals surface area contributed by atoms with Crippen LogP contribution in [0.1, 0.15) is 31.0 Å². The molecule has 27 heavy (non-hydrogen) atoms. The van der Waals surface area contributed by atoms with Crippen LogP contribution in [0.15, 0.2) is 41.5 Å². The van der Waals surface area contributed by atoms with E-state index in [1.54, 1.807) is 6.20 Å². The van der Waals surface area contributed by atoms with Gasteiger partial charge in [0.1, 0.15) is 5.82 Å². The van der Waals surface area contributed by atoms with E-state index >= 15 is 0 Å². The fourth-order valence-electron chi connectivity index (χ4n) is 3.44. The van der Waals surface area contributed by atoms with Crippen LogP contribution >= 0.6 is 0 Å². The van der Waals surface area contributed by atoms with Gasteiger partial charge in [0.2, 0.25) is 0 Å². The summed E-state index contributed by atoms with van der Waals surface area (Å²) >= 11 is 0. The third kappa shape index (κ3) is 4.86. The van der Waals surface area contributed by atoms with Gasteiger partial charge < -0.3 is 15.4 Å². The Hall–Kier alpha value is -2.41. The number of ether oxygens (including phenoxy) is 1. The van der Waals surface area contributed by atoms with Crippen molar-refractivity contribution >= 4 is 5.96 Å². The van der Waals surface area contributed by atoms with Gasteiger partial charge in [-0.1, -0.05) is 12.1 Å². The number of nitrogens with zero attached hydrogens (tertiary/aromatic N) is 3. The monoisotopic (exact) mass is 373 g/mol. The summed E-state index contributed by atoms with van der Waals surface area (Å²) in [6, 6.07) is 8.82. The normalized spacial score (nSPS) is 16.9. The molecule has 0 radical (unpaired) electrons. The summed E-state index contributed by atoms with van der Waals surface area (Å²) in [5.41, 5.74) is 2.10. The van der Waals surface area contributed by atoms with E-state index < -0.39 is 0 Å². The van der Waals surface area contributed by atoms with Crippen molar-refractivity contribution in [1.29, 1.82) is 0 Å². The predicted molar refractivity (Wildman–Crippen MR) is 104 cm³/mol. The third-order valence-electron chi connectivity index (χ3n) is 5.17. The summed E-state index contributed by atoms with van der Waals surface area (Å²) in [5, 5.41) is 11.0. The van der Waals surface area contributed by atoms with Crippen LogP contribution in [0.25, 0.3) is 0 Å². The largest absolute Gasteiger partial charge is 0.381 e. The zero-order chi connectivity index (χ0) is 19.1. The van der Waals surface area contributed by atoms with E-state index in [4.69, 9.17) is 4.74 Å². The Labute approximate surface area is 159 Å². The van der Waals surface area contributed by atoms with Crippen LogP contribution in [0.2, 0.25) is 0 Å². The van der Waals surface area contributed by atoms with Crippen LogP contribution in [0.3, 0.4) is 0 Å². The van der Waals surface area contributed by atoms with E-state index in [1.165, 1.54) is 12.1 Å². The molecule has 0 amide bonds. The average molecular weight is 373 g/mol. The molecule has 1 aromatic carbocycles. The van der Waals surface area contributed by atoms with Gasteiger partial charge in [0.25, 0.3) is 0 Å². The number of hydrogen-bond acceptors (Lipinski definition) is 3. The summed E-state index contributed by atoms with van der Waals surface area (Å²) in [5.74, 6) is 0.562. The molecule has 1 saturated heterocycles. The molecule has 2 heterocycles. The molecule has 2 N–H and O–H groups in total. The Bertz CT molecular complexity index is 750. The lowest BCUT2D eigenvalue weighted by Crippen LogP contribution is -2.48. The van der Waals surface area contributed by atoms with Gasteiger partial charge in [-0.25, -0.2) is 9.38 Å². The number of guanidine groups is 1. The number of rotatable bonds is 6. The van der Waals surface area contributed by atoms with Crippen molar-refractivity contribution in [3.63, 3.8) is 0 Å². The standard InChI is InChI=1S/C20H28FN5O/c1-3-22-19(23-14-18-8-11-25-26(18)2)24-15-20(9-12-27-13-10-20)16-4-6-17(21)7-5-16/h4-8,11H,3,9-10,12-15H2,1-2H3,(H2,22,23,24). The first kappa shape index (κ1) is 19.4. The molecule has 3 rings (SSSR count). The lowest BCUT2D eigenvalue weighted by molar-refractivity contribution is 0.0513. The summed E-state index contributed by atoms with van der Waals surface area (Å²) in [6.07, 6.45) is 3.57. The number of aromatic nitrogens is 2. The Morgan fingerprint density at radius 3 is 2.59 bits per heavy atom. The minimum Gasteiger partial charge on any atom is -0.381 e. The van der Waals surface area contributed by atoms with Gasteiger partial charge in [-0.15, -0.1) is 0 Å². The van der Waals surface area contributed by atoms with Crippen LogP contribution in [0.4, 0.5) is 4.39 Å². The van der Waals surface area contributed by atoms with Gasteiger partial charge in [0.15, 0.2) is 5.96 Å². The number of benzene rings is 1. The zero-order valence-corrected chi connectivity index (χ0v) is 16.0. The van der Waals surface area contributed by atoms with Crippen molar-refractivity contribution in [2.75, 3.05) is 26.3 Å². The number of aryl methyl sites for hydroxylation is 1. The fraction of sp³-hybridized carbons (Fsp3) is 0.500. The van der Waals surface area contributed by atoms with Gasteiger partial charge in [0, 0.05) is 45.0 Å². The number of aliphatic imine (C=N–C) groups is 1. The molecule has 0 aliphatic carbocycles. The second kappa shape index (κ2) is 8.99. The number of hydrogen-bond donors (Lipinski definition) is 2. The quantitative estimate of drug-likeness (QED) is 0.603. The molecule has 6 nitrogen and oxygen atoms in total. The van der Waals surface area contributed by atoms with Crippen molar-refractivity contribution in [3.8, 4) is 0 Å². The van der Waals surface area contributed by atoms with E-state index in [-0.39, 0.29) is 11.2 Å². The molecule has 146 valence electrons. The molecule has 0 bridgehead atoms. The van der Waals surface area contributed by atoms with E-state index in [9.17, 15) is 4.39 Å². The molecule has 1 aromatic heterocycles. The van der Waals surface area contributed by atoms with E-state index in [1.807, 2.05) is 36.9 Å². The summed E-state index contributed by atoms with van der Waals surface area (Å²) in [7, 11) is 1.91. The zero-order valence-electron chi connectivity index (χ0n) is 16.0. The molecule has 1 fully saturated rings. The van der Waals surface area contributed by atoms with Crippen molar-refractivity contribution < 1.29 is 9.13 Å². The second-order valence-corrected chi connectivity index (χ2v) is 6.89. The van der Waals surface area contributed by atoms with E-state index in [0.717, 1.165) is 43.1 Å². The predicted octanol–water partition coefficient (Wildman–Crippen LogP) is 2.36. The highest BCUT2D eigenvalue weighted by Crippen LogP contribution is 2.34. The van der Waals surface area contributed by atoms with Crippen molar-refractivity contribution in [3.05, 3.63) is 53.6 Å². The Morgan fingerprint density at radius 1 is 1.22 bits per heavy atom. The maximum atomic E-state index is 13.4. The van der Waals surface area contributed by atoms with Crippen molar-refractivity contribution in [2.24, 2.45) is 12.0 Å². The highest BCUT2D eigenvalue weighted by atomic mass is 19.1. The summed E-state index contributed by atoms with van der Waals surface area (Å²) < 4.78 is 20.8. The topological polar surface area (TPSA) is 63.5 Å². The van der Waals surface area contributed by atoms with Crippen LogP contribution in [-0.4, -0.2) is 42.0 Å². The van der Waals surface area contributed by atoms with Crippen LogP contribution in [-0.2, 0) is 23.7 Å². The molecular weight excluding hydrogens is 345 g/mol. The first-order chi connectivity index (χ1) is 13.1. The lowest BCUT2D eigenvalue weighted by Gasteiger charge is -2.38. The van der Waals surface area contributed by atoms with Crippen molar-refractivity contribution in [1.82, 2.24) is 20.4 Å². The smallest absolute Gasteiger partial charge is 0.191 e. The van der Waals surface area contributed by atoms with Gasteiger partial charge in [-0.2, -0.15) is 5.10 Å². The van der Waals surface area contributed by atoms with Gasteiger partial charge in [-0.3, -0.25) is 4.68 Å². The maximum absolute atomic E-state index is 13.4. The molecule has 0 unspecified atom stereocenters. The Morgan fingerprint density at radius 2 is 1.96 bits per heavy atom. The van der Waals surface area contributed by atoms with Crippen molar-refractivity contribution in [2.45, 2.75) is 31.7 Å². The second-order valence-electron chi connectivity index (χ2n) is 6.89. The van der Waals surface area contributed by atoms with Crippen LogP contribution in [0.5, 0.6) is 0 Å². The maximum Gasteiger partial charge on any atom is 0.191 e. The first-order valence-corrected chi connectivity index (χ1v) is 9.46. The number of nitrogens with one attached hydrogen (secondary N) is 2. The third-order valence-corrected chi connectivity index (χ3v) is 5.17. The van der Waals surface area contributed by atoms with Gasteiger partial charge >= 0.3 is 0 Å². The Balaban J connectivity index is 1.73. The minimum absolute atomic E-state index is 0.0886. The van der Waals surface area contributed by atoms with Crippen LogP contribution < -0.4 is 10.6 Å². The molecule has 0 saturated carbocycles.